The van der Waals surface area contributed by atoms with Crippen molar-refractivity contribution >= 4 is 17.2 Å². The standard InChI is InChI=1S/C29H33FN2O4S/c1-2-14-31(17-24(33)20-35-19-22-6-4-3-5-7-22)18-29(34)32-15-12-28-26(13-16-37-28)27(32)21-36-25-10-8-23(30)9-11-25/h2-11,13,16,24,27,33H,1,12,14-15,17-21H2/t24-,27-/m1/s1. The van der Waals surface area contributed by atoms with E-state index in [0.717, 1.165) is 17.5 Å². The Morgan fingerprint density at radius 3 is 2.76 bits per heavy atom. The van der Waals surface area contributed by atoms with Crippen LogP contribution in [0.4, 0.5) is 4.39 Å². The third-order valence-corrected chi connectivity index (χ3v) is 7.27. The van der Waals surface area contributed by atoms with Crippen molar-refractivity contribution in [2.45, 2.75) is 25.2 Å². The molecule has 37 heavy (non-hydrogen) atoms. The molecule has 0 fully saturated rings. The van der Waals surface area contributed by atoms with Crippen LogP contribution < -0.4 is 4.74 Å². The number of carbonyl (C=O) groups is 1. The monoisotopic (exact) mass is 524 g/mol. The van der Waals surface area contributed by atoms with E-state index in [0.29, 0.717) is 32.0 Å². The largest absolute Gasteiger partial charge is 0.491 e. The van der Waals surface area contributed by atoms with E-state index in [1.54, 1.807) is 29.5 Å². The molecular weight excluding hydrogens is 491 g/mol. The minimum atomic E-state index is -0.737. The summed E-state index contributed by atoms with van der Waals surface area (Å²) >= 11 is 1.69. The normalized spacial score (nSPS) is 15.9. The predicted molar refractivity (Wildman–Crippen MR) is 143 cm³/mol. The first-order valence-corrected chi connectivity index (χ1v) is 13.3. The lowest BCUT2D eigenvalue weighted by Crippen LogP contribution is -2.48. The summed E-state index contributed by atoms with van der Waals surface area (Å²) in [7, 11) is 0. The molecule has 2 aromatic carbocycles. The number of halogens is 1. The van der Waals surface area contributed by atoms with Gasteiger partial charge in [0.25, 0.3) is 0 Å². The molecule has 0 radical (unpaired) electrons. The van der Waals surface area contributed by atoms with Gasteiger partial charge in [-0.25, -0.2) is 4.39 Å². The number of aliphatic hydroxyl groups is 1. The number of thiophene rings is 1. The van der Waals surface area contributed by atoms with Crippen molar-refractivity contribution in [1.29, 1.82) is 0 Å². The lowest BCUT2D eigenvalue weighted by Gasteiger charge is -2.37. The molecule has 8 heteroatoms. The number of benzene rings is 2. The summed E-state index contributed by atoms with van der Waals surface area (Å²) in [4.78, 5) is 18.5. The van der Waals surface area contributed by atoms with E-state index >= 15 is 0 Å². The van der Waals surface area contributed by atoms with Crippen LogP contribution in [0.2, 0.25) is 0 Å². The number of nitrogens with zero attached hydrogens (tertiary/aromatic N) is 2. The van der Waals surface area contributed by atoms with Gasteiger partial charge in [0.15, 0.2) is 0 Å². The van der Waals surface area contributed by atoms with E-state index in [1.807, 2.05) is 51.6 Å². The molecule has 2 heterocycles. The second-order valence-electron chi connectivity index (χ2n) is 9.05. The Morgan fingerprint density at radius 1 is 1.22 bits per heavy atom. The molecule has 0 spiro atoms. The number of ether oxygens (including phenoxy) is 2. The van der Waals surface area contributed by atoms with Gasteiger partial charge in [-0.05, 0) is 53.3 Å². The van der Waals surface area contributed by atoms with Crippen molar-refractivity contribution in [3.63, 3.8) is 0 Å². The number of hydrogen-bond donors (Lipinski definition) is 1. The molecule has 0 unspecified atom stereocenters. The quantitative estimate of drug-likeness (QED) is 0.335. The molecule has 1 N–H and O–H groups in total. The summed E-state index contributed by atoms with van der Waals surface area (Å²) in [5, 5.41) is 12.6. The van der Waals surface area contributed by atoms with Crippen molar-refractivity contribution < 1.29 is 23.8 Å². The van der Waals surface area contributed by atoms with Gasteiger partial charge in [-0.3, -0.25) is 9.69 Å². The van der Waals surface area contributed by atoms with Gasteiger partial charge in [0, 0.05) is 24.5 Å². The molecule has 1 aromatic heterocycles. The fraction of sp³-hybridized carbons (Fsp3) is 0.345. The summed E-state index contributed by atoms with van der Waals surface area (Å²) in [6.45, 7) is 6.18. The number of hydrogen-bond acceptors (Lipinski definition) is 6. The maximum absolute atomic E-state index is 13.5. The third kappa shape index (κ3) is 7.72. The van der Waals surface area contributed by atoms with Crippen LogP contribution in [0.3, 0.4) is 0 Å². The van der Waals surface area contributed by atoms with Gasteiger partial charge < -0.3 is 19.5 Å². The first-order valence-electron chi connectivity index (χ1n) is 12.4. The van der Waals surface area contributed by atoms with E-state index in [1.165, 1.54) is 17.0 Å². The second kappa shape index (κ2) is 13.5. The van der Waals surface area contributed by atoms with E-state index < -0.39 is 6.10 Å². The first-order chi connectivity index (χ1) is 18.0. The van der Waals surface area contributed by atoms with Gasteiger partial charge in [0.05, 0.1) is 31.9 Å². The number of amides is 1. The zero-order valence-corrected chi connectivity index (χ0v) is 21.6. The molecule has 0 bridgehead atoms. The molecule has 1 aliphatic rings. The second-order valence-corrected chi connectivity index (χ2v) is 10.1. The van der Waals surface area contributed by atoms with Crippen LogP contribution in [0.1, 0.15) is 22.0 Å². The molecule has 0 saturated carbocycles. The van der Waals surface area contributed by atoms with Crippen LogP contribution in [0.5, 0.6) is 5.75 Å². The molecule has 196 valence electrons. The Labute approximate surface area is 221 Å². The molecule has 1 amide bonds. The van der Waals surface area contributed by atoms with Gasteiger partial charge in [0.2, 0.25) is 5.91 Å². The van der Waals surface area contributed by atoms with Gasteiger partial charge in [-0.15, -0.1) is 17.9 Å². The SMILES string of the molecule is C=CCN(CC(=O)N1CCc2sccc2[C@H]1COc1ccc(F)cc1)C[C@@H](O)COCc1ccccc1. The predicted octanol–water partition coefficient (Wildman–Crippen LogP) is 4.46. The van der Waals surface area contributed by atoms with Crippen molar-refractivity contribution in [2.24, 2.45) is 0 Å². The Morgan fingerprint density at radius 2 is 2.00 bits per heavy atom. The van der Waals surface area contributed by atoms with E-state index in [2.05, 4.69) is 6.58 Å². The number of fused-ring (bicyclic) bond motifs is 1. The lowest BCUT2D eigenvalue weighted by atomic mass is 10.0. The van der Waals surface area contributed by atoms with Gasteiger partial charge in [0.1, 0.15) is 18.2 Å². The number of rotatable bonds is 13. The Hall–Kier alpha value is -3.04. The fourth-order valence-corrected chi connectivity index (χ4v) is 5.41. The highest BCUT2D eigenvalue weighted by Gasteiger charge is 2.33. The van der Waals surface area contributed by atoms with Crippen molar-refractivity contribution in [3.8, 4) is 5.75 Å². The maximum Gasteiger partial charge on any atom is 0.237 e. The van der Waals surface area contributed by atoms with Crippen LogP contribution in [0.25, 0.3) is 0 Å². The highest BCUT2D eigenvalue weighted by Crippen LogP contribution is 2.34. The number of aliphatic hydroxyl groups excluding tert-OH is 1. The highest BCUT2D eigenvalue weighted by atomic mass is 32.1. The molecule has 0 aliphatic carbocycles. The lowest BCUT2D eigenvalue weighted by molar-refractivity contribution is -0.136. The molecular formula is C29H33FN2O4S. The zero-order valence-electron chi connectivity index (χ0n) is 20.8. The average Bonchev–Trinajstić information content (AvgIpc) is 3.38. The average molecular weight is 525 g/mol. The zero-order chi connectivity index (χ0) is 26.0. The van der Waals surface area contributed by atoms with E-state index in [4.69, 9.17) is 9.47 Å². The van der Waals surface area contributed by atoms with Gasteiger partial charge in [-0.2, -0.15) is 0 Å². The summed E-state index contributed by atoms with van der Waals surface area (Å²) in [5.41, 5.74) is 2.14. The van der Waals surface area contributed by atoms with Gasteiger partial charge in [-0.1, -0.05) is 36.4 Å². The van der Waals surface area contributed by atoms with E-state index in [9.17, 15) is 14.3 Å². The van der Waals surface area contributed by atoms with Crippen LogP contribution in [0, 0.1) is 5.82 Å². The minimum Gasteiger partial charge on any atom is -0.491 e. The maximum atomic E-state index is 13.5. The molecule has 4 rings (SSSR count). The number of carbonyl (C=O) groups excluding carboxylic acids is 1. The molecule has 3 aromatic rings. The van der Waals surface area contributed by atoms with Crippen molar-refractivity contribution in [3.05, 3.63) is 101 Å². The van der Waals surface area contributed by atoms with Crippen molar-refractivity contribution in [1.82, 2.24) is 9.80 Å². The van der Waals surface area contributed by atoms with Gasteiger partial charge >= 0.3 is 0 Å². The Kier molecular flexibility index (Phi) is 9.85. The summed E-state index contributed by atoms with van der Waals surface area (Å²) in [6.07, 6.45) is 1.79. The van der Waals surface area contributed by atoms with Crippen LogP contribution in [-0.4, -0.2) is 66.3 Å². The molecule has 1 aliphatic heterocycles. The third-order valence-electron chi connectivity index (χ3n) is 6.27. The van der Waals surface area contributed by atoms with Crippen LogP contribution >= 0.6 is 11.3 Å². The summed E-state index contributed by atoms with van der Waals surface area (Å²) in [6, 6.07) is 17.5. The van der Waals surface area contributed by atoms with Crippen LogP contribution in [0.15, 0.2) is 78.7 Å². The Balaban J connectivity index is 1.35. The smallest absolute Gasteiger partial charge is 0.237 e. The minimum absolute atomic E-state index is 0.0381. The molecule has 2 atom stereocenters. The highest BCUT2D eigenvalue weighted by molar-refractivity contribution is 7.10. The molecule has 6 nitrogen and oxygen atoms in total. The van der Waals surface area contributed by atoms with E-state index in [-0.39, 0.29) is 37.5 Å². The fourth-order valence-electron chi connectivity index (χ4n) is 4.49. The topological polar surface area (TPSA) is 62.2 Å². The molecule has 0 saturated heterocycles. The first kappa shape index (κ1) is 27.0. The summed E-state index contributed by atoms with van der Waals surface area (Å²) < 4.78 is 24.9. The summed E-state index contributed by atoms with van der Waals surface area (Å²) in [5.74, 6) is 0.198. The Bertz CT molecular complexity index is 1140. The van der Waals surface area contributed by atoms with Crippen LogP contribution in [-0.2, 0) is 22.6 Å². The van der Waals surface area contributed by atoms with Crippen molar-refractivity contribution in [2.75, 3.05) is 39.4 Å².